The minimum atomic E-state index is 0.240. The van der Waals surface area contributed by atoms with Crippen molar-refractivity contribution in [1.82, 2.24) is 10.2 Å². The molecule has 4 nitrogen and oxygen atoms in total. The van der Waals surface area contributed by atoms with E-state index in [0.29, 0.717) is 6.04 Å². The Labute approximate surface area is 121 Å². The van der Waals surface area contributed by atoms with Gasteiger partial charge in [0.2, 0.25) is 0 Å². The SMILES string of the molecule is CCNC(c1ccoc1)C1(N2CCOCC2)CCCC1. The molecule has 0 bridgehead atoms. The standard InChI is InChI=1S/C16H26N2O2/c1-2-17-15(14-5-10-20-13-14)16(6-3-4-7-16)18-8-11-19-12-9-18/h5,10,13,15,17H,2-4,6-9,11-12H2,1H3. The highest BCUT2D eigenvalue weighted by molar-refractivity contribution is 5.20. The predicted molar refractivity (Wildman–Crippen MR) is 78.7 cm³/mol. The summed E-state index contributed by atoms with van der Waals surface area (Å²) in [7, 11) is 0. The second kappa shape index (κ2) is 6.29. The number of rotatable bonds is 5. The summed E-state index contributed by atoms with van der Waals surface area (Å²) in [6, 6.07) is 2.49. The van der Waals surface area contributed by atoms with Crippen LogP contribution < -0.4 is 5.32 Å². The van der Waals surface area contributed by atoms with Crippen molar-refractivity contribution in [3.05, 3.63) is 24.2 Å². The van der Waals surface area contributed by atoms with Crippen LogP contribution in [0.15, 0.2) is 23.0 Å². The van der Waals surface area contributed by atoms with Crippen LogP contribution in [0.2, 0.25) is 0 Å². The molecule has 112 valence electrons. The Kier molecular flexibility index (Phi) is 4.44. The van der Waals surface area contributed by atoms with E-state index in [4.69, 9.17) is 9.15 Å². The maximum atomic E-state index is 5.55. The summed E-state index contributed by atoms with van der Waals surface area (Å²) >= 11 is 0. The van der Waals surface area contributed by atoms with Crippen LogP contribution in [-0.2, 0) is 4.74 Å². The van der Waals surface area contributed by atoms with Crippen LogP contribution in [0.4, 0.5) is 0 Å². The topological polar surface area (TPSA) is 37.6 Å². The number of nitrogens with zero attached hydrogens (tertiary/aromatic N) is 1. The van der Waals surface area contributed by atoms with Crippen molar-refractivity contribution < 1.29 is 9.15 Å². The predicted octanol–water partition coefficient (Wildman–Crippen LogP) is 2.58. The Morgan fingerprint density at radius 3 is 2.65 bits per heavy atom. The van der Waals surface area contributed by atoms with Gasteiger partial charge in [-0.3, -0.25) is 4.90 Å². The van der Waals surface area contributed by atoms with Gasteiger partial charge in [0, 0.05) is 24.2 Å². The van der Waals surface area contributed by atoms with Gasteiger partial charge in [0.05, 0.1) is 31.8 Å². The van der Waals surface area contributed by atoms with Crippen LogP contribution >= 0.6 is 0 Å². The normalized spacial score (nSPS) is 24.9. The van der Waals surface area contributed by atoms with Crippen LogP contribution in [0.25, 0.3) is 0 Å². The maximum absolute atomic E-state index is 5.55. The average molecular weight is 278 g/mol. The van der Waals surface area contributed by atoms with Crippen LogP contribution in [-0.4, -0.2) is 43.3 Å². The van der Waals surface area contributed by atoms with Crippen molar-refractivity contribution >= 4 is 0 Å². The zero-order valence-electron chi connectivity index (χ0n) is 12.4. The van der Waals surface area contributed by atoms with Gasteiger partial charge in [-0.25, -0.2) is 0 Å². The molecule has 1 aromatic heterocycles. The lowest BCUT2D eigenvalue weighted by Crippen LogP contribution is -2.58. The van der Waals surface area contributed by atoms with E-state index < -0.39 is 0 Å². The van der Waals surface area contributed by atoms with E-state index in [2.05, 4.69) is 23.2 Å². The lowest BCUT2D eigenvalue weighted by molar-refractivity contribution is -0.0362. The Morgan fingerprint density at radius 2 is 2.05 bits per heavy atom. The molecule has 2 aliphatic rings. The molecule has 0 aromatic carbocycles. The second-order valence-electron chi connectivity index (χ2n) is 5.96. The van der Waals surface area contributed by atoms with Gasteiger partial charge in [0.15, 0.2) is 0 Å². The molecule has 4 heteroatoms. The minimum absolute atomic E-state index is 0.240. The first-order valence-electron chi connectivity index (χ1n) is 7.95. The first-order chi connectivity index (χ1) is 9.87. The van der Waals surface area contributed by atoms with E-state index in [1.807, 2.05) is 6.26 Å². The third-order valence-corrected chi connectivity index (χ3v) is 4.93. The summed E-state index contributed by atoms with van der Waals surface area (Å²) in [4.78, 5) is 2.67. The molecule has 1 aliphatic heterocycles. The van der Waals surface area contributed by atoms with Gasteiger partial charge in [-0.15, -0.1) is 0 Å². The molecular weight excluding hydrogens is 252 g/mol. The van der Waals surface area contributed by atoms with E-state index in [9.17, 15) is 0 Å². The third-order valence-electron chi connectivity index (χ3n) is 4.93. The second-order valence-corrected chi connectivity index (χ2v) is 5.96. The highest BCUT2D eigenvalue weighted by Crippen LogP contribution is 2.45. The first kappa shape index (κ1) is 14.1. The first-order valence-corrected chi connectivity index (χ1v) is 7.95. The number of morpholine rings is 1. The quantitative estimate of drug-likeness (QED) is 0.898. The van der Waals surface area contributed by atoms with E-state index >= 15 is 0 Å². The molecule has 1 N–H and O–H groups in total. The van der Waals surface area contributed by atoms with Crippen LogP contribution in [0, 0.1) is 0 Å². The van der Waals surface area contributed by atoms with Crippen LogP contribution in [0.5, 0.6) is 0 Å². The molecule has 1 aromatic rings. The van der Waals surface area contributed by atoms with Gasteiger partial charge >= 0.3 is 0 Å². The molecule has 1 aliphatic carbocycles. The molecule has 1 atom stereocenters. The fourth-order valence-electron chi connectivity index (χ4n) is 4.04. The van der Waals surface area contributed by atoms with Gasteiger partial charge in [-0.1, -0.05) is 19.8 Å². The van der Waals surface area contributed by atoms with Gasteiger partial charge in [0.25, 0.3) is 0 Å². The van der Waals surface area contributed by atoms with E-state index in [-0.39, 0.29) is 5.54 Å². The van der Waals surface area contributed by atoms with Crippen LogP contribution in [0.1, 0.15) is 44.2 Å². The average Bonchev–Trinajstić information content (AvgIpc) is 3.18. The molecule has 3 rings (SSSR count). The van der Waals surface area contributed by atoms with Crippen molar-refractivity contribution in [3.8, 4) is 0 Å². The van der Waals surface area contributed by atoms with E-state index in [1.165, 1.54) is 31.2 Å². The fourth-order valence-corrected chi connectivity index (χ4v) is 4.04. The zero-order valence-corrected chi connectivity index (χ0v) is 12.4. The third kappa shape index (κ3) is 2.52. The number of furan rings is 1. The highest BCUT2D eigenvalue weighted by atomic mass is 16.5. The summed E-state index contributed by atoms with van der Waals surface area (Å²) in [5.41, 5.74) is 1.53. The molecule has 2 fully saturated rings. The number of ether oxygens (including phenoxy) is 1. The van der Waals surface area contributed by atoms with Crippen molar-refractivity contribution in [1.29, 1.82) is 0 Å². The van der Waals surface area contributed by atoms with Crippen molar-refractivity contribution in [2.75, 3.05) is 32.8 Å². The number of nitrogens with one attached hydrogen (secondary N) is 1. The Hall–Kier alpha value is -0.840. The largest absolute Gasteiger partial charge is 0.472 e. The number of hydrogen-bond donors (Lipinski definition) is 1. The van der Waals surface area contributed by atoms with Gasteiger partial charge in [0.1, 0.15) is 0 Å². The Bertz CT molecular complexity index is 393. The number of hydrogen-bond acceptors (Lipinski definition) is 4. The van der Waals surface area contributed by atoms with Gasteiger partial charge < -0.3 is 14.5 Å². The highest BCUT2D eigenvalue weighted by Gasteiger charge is 2.46. The molecule has 2 heterocycles. The smallest absolute Gasteiger partial charge is 0.0951 e. The van der Waals surface area contributed by atoms with Gasteiger partial charge in [-0.05, 0) is 25.5 Å². The van der Waals surface area contributed by atoms with Crippen LogP contribution in [0.3, 0.4) is 0 Å². The summed E-state index contributed by atoms with van der Waals surface area (Å²) in [6.45, 7) is 7.02. The van der Waals surface area contributed by atoms with Crippen molar-refractivity contribution in [3.63, 3.8) is 0 Å². The number of likely N-dealkylation sites (N-methyl/N-ethyl adjacent to an activating group) is 1. The molecule has 1 unspecified atom stereocenters. The monoisotopic (exact) mass is 278 g/mol. The lowest BCUT2D eigenvalue weighted by atomic mass is 9.82. The molecule has 1 saturated carbocycles. The summed E-state index contributed by atoms with van der Waals surface area (Å²) < 4.78 is 10.9. The van der Waals surface area contributed by atoms with Gasteiger partial charge in [-0.2, -0.15) is 0 Å². The molecule has 0 amide bonds. The summed E-state index contributed by atoms with van der Waals surface area (Å²) in [5.74, 6) is 0. The lowest BCUT2D eigenvalue weighted by Gasteiger charge is -2.48. The fraction of sp³-hybridized carbons (Fsp3) is 0.750. The minimum Gasteiger partial charge on any atom is -0.472 e. The summed E-state index contributed by atoms with van der Waals surface area (Å²) in [6.07, 6.45) is 8.91. The van der Waals surface area contributed by atoms with E-state index in [1.54, 1.807) is 6.26 Å². The van der Waals surface area contributed by atoms with Crippen molar-refractivity contribution in [2.45, 2.75) is 44.2 Å². The molecule has 1 saturated heterocycles. The molecule has 20 heavy (non-hydrogen) atoms. The molecular formula is C16H26N2O2. The van der Waals surface area contributed by atoms with E-state index in [0.717, 1.165) is 32.8 Å². The summed E-state index contributed by atoms with van der Waals surface area (Å²) in [5, 5.41) is 3.72. The Balaban J connectivity index is 1.90. The van der Waals surface area contributed by atoms with Crippen molar-refractivity contribution in [2.24, 2.45) is 0 Å². The zero-order chi connectivity index (χ0) is 13.8. The molecule has 0 radical (unpaired) electrons. The Morgan fingerprint density at radius 1 is 1.30 bits per heavy atom. The maximum Gasteiger partial charge on any atom is 0.0951 e. The molecule has 0 spiro atoms.